The lowest BCUT2D eigenvalue weighted by Crippen LogP contribution is -2.38. The van der Waals surface area contributed by atoms with Crippen molar-refractivity contribution < 1.29 is 4.74 Å². The summed E-state index contributed by atoms with van der Waals surface area (Å²) in [5.74, 6) is 2.45. The highest BCUT2D eigenvalue weighted by atomic mass is 32.1. The summed E-state index contributed by atoms with van der Waals surface area (Å²) in [7, 11) is 0. The third-order valence-electron chi connectivity index (χ3n) is 5.15. The van der Waals surface area contributed by atoms with Gasteiger partial charge < -0.3 is 20.3 Å². The molecule has 0 spiro atoms. The van der Waals surface area contributed by atoms with Crippen LogP contribution in [0, 0.1) is 0 Å². The first-order chi connectivity index (χ1) is 15.2. The van der Waals surface area contributed by atoms with E-state index in [1.165, 1.54) is 6.42 Å². The number of thiocarbonyl (C=S) groups is 1. The Labute approximate surface area is 187 Å². The number of rotatable bonds is 6. The molecule has 160 valence electrons. The van der Waals surface area contributed by atoms with Crippen LogP contribution in [0.15, 0.2) is 60.9 Å². The van der Waals surface area contributed by atoms with E-state index in [9.17, 15) is 0 Å². The lowest BCUT2D eigenvalue weighted by atomic mass is 10.0. The first-order valence-electron chi connectivity index (χ1n) is 10.5. The van der Waals surface area contributed by atoms with E-state index in [0.29, 0.717) is 29.5 Å². The quantitative estimate of drug-likeness (QED) is 0.548. The van der Waals surface area contributed by atoms with Gasteiger partial charge in [-0.05, 0) is 62.2 Å². The maximum absolute atomic E-state index is 6.01. The van der Waals surface area contributed by atoms with Crippen LogP contribution in [-0.2, 0) is 6.54 Å². The van der Waals surface area contributed by atoms with Crippen LogP contribution in [0.4, 0.5) is 11.8 Å². The largest absolute Gasteiger partial charge is 0.439 e. The van der Waals surface area contributed by atoms with Crippen LogP contribution in [0.2, 0.25) is 0 Å². The van der Waals surface area contributed by atoms with E-state index in [2.05, 4.69) is 32.4 Å². The molecule has 7 nitrogen and oxygen atoms in total. The molecule has 3 aromatic rings. The van der Waals surface area contributed by atoms with Crippen LogP contribution in [0.3, 0.4) is 0 Å². The number of pyridine rings is 1. The van der Waals surface area contributed by atoms with E-state index >= 15 is 0 Å². The minimum absolute atomic E-state index is 0.407. The molecule has 1 atom stereocenters. The van der Waals surface area contributed by atoms with Crippen molar-refractivity contribution in [3.05, 3.63) is 66.5 Å². The molecular formula is C23H26N6OS. The number of piperidine rings is 1. The average Bonchev–Trinajstić information content (AvgIpc) is 2.79. The van der Waals surface area contributed by atoms with Crippen molar-refractivity contribution in [1.82, 2.24) is 20.3 Å². The van der Waals surface area contributed by atoms with E-state index in [4.69, 9.17) is 21.9 Å². The molecule has 1 aliphatic rings. The third-order valence-corrected chi connectivity index (χ3v) is 5.40. The van der Waals surface area contributed by atoms with E-state index in [1.54, 1.807) is 12.4 Å². The second kappa shape index (κ2) is 10.2. The van der Waals surface area contributed by atoms with E-state index in [-0.39, 0.29) is 0 Å². The smallest absolute Gasteiger partial charge is 0.234 e. The molecule has 1 fully saturated rings. The normalized spacial score (nSPS) is 15.9. The Hall–Kier alpha value is -3.26. The van der Waals surface area contributed by atoms with Crippen molar-refractivity contribution in [3.8, 4) is 11.6 Å². The number of nitrogens with one attached hydrogen (secondary N) is 2. The van der Waals surface area contributed by atoms with Crippen molar-refractivity contribution in [2.75, 3.05) is 16.8 Å². The Morgan fingerprint density at radius 3 is 2.81 bits per heavy atom. The molecule has 31 heavy (non-hydrogen) atoms. The molecule has 0 aliphatic carbocycles. The van der Waals surface area contributed by atoms with Crippen LogP contribution in [0.25, 0.3) is 0 Å². The summed E-state index contributed by atoms with van der Waals surface area (Å²) >= 11 is 5.45. The summed E-state index contributed by atoms with van der Waals surface area (Å²) in [6, 6.07) is 15.8. The van der Waals surface area contributed by atoms with Crippen molar-refractivity contribution in [2.24, 2.45) is 0 Å². The molecule has 2 N–H and O–H groups in total. The molecule has 1 aromatic carbocycles. The van der Waals surface area contributed by atoms with Gasteiger partial charge in [-0.1, -0.05) is 24.3 Å². The second-order valence-corrected chi connectivity index (χ2v) is 7.92. The highest BCUT2D eigenvalue weighted by Crippen LogP contribution is 2.28. The first-order valence-corrected chi connectivity index (χ1v) is 10.9. The van der Waals surface area contributed by atoms with Gasteiger partial charge in [0.25, 0.3) is 0 Å². The fraction of sp³-hybridized carbons (Fsp3) is 0.304. The molecule has 1 saturated heterocycles. The zero-order chi connectivity index (χ0) is 21.5. The maximum atomic E-state index is 6.01. The molecule has 0 amide bonds. The van der Waals surface area contributed by atoms with Gasteiger partial charge in [0.05, 0.1) is 0 Å². The molecule has 0 bridgehead atoms. The summed E-state index contributed by atoms with van der Waals surface area (Å²) in [6.45, 7) is 3.76. The fourth-order valence-corrected chi connectivity index (χ4v) is 3.71. The predicted octanol–water partition coefficient (Wildman–Crippen LogP) is 4.53. The highest BCUT2D eigenvalue weighted by molar-refractivity contribution is 7.80. The number of benzene rings is 1. The number of ether oxygens (including phenoxy) is 1. The summed E-state index contributed by atoms with van der Waals surface area (Å²) in [6.07, 6.45) is 7.08. The number of hydrogen-bond donors (Lipinski definition) is 2. The molecule has 3 heterocycles. The Morgan fingerprint density at radius 2 is 2.03 bits per heavy atom. The first kappa shape index (κ1) is 21.0. The molecule has 2 aromatic heterocycles. The number of nitrogens with zero attached hydrogens (tertiary/aromatic N) is 4. The molecule has 1 unspecified atom stereocenters. The van der Waals surface area contributed by atoms with Crippen molar-refractivity contribution in [1.29, 1.82) is 0 Å². The number of aromatic nitrogens is 3. The number of anilines is 2. The van der Waals surface area contributed by atoms with Crippen LogP contribution < -0.4 is 20.3 Å². The summed E-state index contributed by atoms with van der Waals surface area (Å²) < 4.78 is 6.01. The van der Waals surface area contributed by atoms with E-state index in [0.717, 1.165) is 36.5 Å². The monoisotopic (exact) mass is 434 g/mol. The lowest BCUT2D eigenvalue weighted by Gasteiger charge is -2.34. The topological polar surface area (TPSA) is 75.2 Å². The molecule has 0 saturated carbocycles. The zero-order valence-electron chi connectivity index (χ0n) is 17.5. The van der Waals surface area contributed by atoms with Gasteiger partial charge in [0, 0.05) is 37.6 Å². The minimum Gasteiger partial charge on any atom is -0.439 e. The van der Waals surface area contributed by atoms with Crippen molar-refractivity contribution >= 4 is 29.1 Å². The number of para-hydroxylation sites is 1. The summed E-state index contributed by atoms with van der Waals surface area (Å²) in [4.78, 5) is 15.7. The Kier molecular flexibility index (Phi) is 6.89. The zero-order valence-corrected chi connectivity index (χ0v) is 18.3. The van der Waals surface area contributed by atoms with E-state index < -0.39 is 0 Å². The number of hydrogen-bond acceptors (Lipinski definition) is 6. The predicted molar refractivity (Wildman–Crippen MR) is 127 cm³/mol. The van der Waals surface area contributed by atoms with Crippen molar-refractivity contribution in [3.63, 3.8) is 0 Å². The molecular weight excluding hydrogens is 408 g/mol. The average molecular weight is 435 g/mol. The van der Waals surface area contributed by atoms with Gasteiger partial charge >= 0.3 is 0 Å². The summed E-state index contributed by atoms with van der Waals surface area (Å²) in [5, 5.41) is 6.72. The van der Waals surface area contributed by atoms with Gasteiger partial charge in [0.15, 0.2) is 5.11 Å². The highest BCUT2D eigenvalue weighted by Gasteiger charge is 2.21. The van der Waals surface area contributed by atoms with Gasteiger partial charge in [0.1, 0.15) is 11.6 Å². The second-order valence-electron chi connectivity index (χ2n) is 7.51. The van der Waals surface area contributed by atoms with Crippen LogP contribution >= 0.6 is 12.2 Å². The Bertz CT molecular complexity index is 1000. The van der Waals surface area contributed by atoms with Gasteiger partial charge in [-0.25, -0.2) is 0 Å². The molecule has 1 aliphatic heterocycles. The molecule has 4 rings (SSSR count). The van der Waals surface area contributed by atoms with Gasteiger partial charge in [-0.2, -0.15) is 9.97 Å². The van der Waals surface area contributed by atoms with E-state index in [1.807, 2.05) is 48.5 Å². The van der Waals surface area contributed by atoms with Gasteiger partial charge in [0.2, 0.25) is 11.8 Å². The van der Waals surface area contributed by atoms with Crippen molar-refractivity contribution in [2.45, 2.75) is 38.8 Å². The van der Waals surface area contributed by atoms with Gasteiger partial charge in [-0.15, -0.1) is 0 Å². The third kappa shape index (κ3) is 5.88. The SMILES string of the molecule is CC1CCCCN1c1cc(Oc2ccccc2)nc(NC(=S)NCc2cccnc2)n1. The molecule has 8 heteroatoms. The Balaban J connectivity index is 1.52. The fourth-order valence-electron chi connectivity index (χ4n) is 3.55. The maximum Gasteiger partial charge on any atom is 0.234 e. The van der Waals surface area contributed by atoms with Crippen LogP contribution in [0.1, 0.15) is 31.7 Å². The lowest BCUT2D eigenvalue weighted by molar-refractivity contribution is 0.457. The minimum atomic E-state index is 0.407. The molecule has 0 radical (unpaired) electrons. The summed E-state index contributed by atoms with van der Waals surface area (Å²) in [5.41, 5.74) is 1.04. The van der Waals surface area contributed by atoms with Crippen LogP contribution in [0.5, 0.6) is 11.6 Å². The van der Waals surface area contributed by atoms with Gasteiger partial charge in [-0.3, -0.25) is 4.98 Å². The standard InChI is InChI=1S/C23H26N6OS/c1-17-8-5-6-13-29(17)20-14-21(30-19-10-3-2-4-11-19)27-22(26-20)28-23(31)25-16-18-9-7-12-24-15-18/h2-4,7,9-12,14-15,17H,5-6,8,13,16H2,1H3,(H2,25,26,27,28,31). The Morgan fingerprint density at radius 1 is 1.16 bits per heavy atom. The van der Waals surface area contributed by atoms with Crippen LogP contribution in [-0.4, -0.2) is 32.7 Å².